The van der Waals surface area contributed by atoms with Gasteiger partial charge in [0.2, 0.25) is 0 Å². The van der Waals surface area contributed by atoms with E-state index in [9.17, 15) is 15.0 Å². The highest BCUT2D eigenvalue weighted by Gasteiger charge is 2.40. The van der Waals surface area contributed by atoms with Gasteiger partial charge in [-0.15, -0.1) is 0 Å². The molecule has 3 saturated heterocycles. The molecule has 5 nitrogen and oxygen atoms in total. The van der Waals surface area contributed by atoms with Gasteiger partial charge in [-0.05, 0) is 61.9 Å². The van der Waals surface area contributed by atoms with Crippen molar-refractivity contribution in [1.29, 1.82) is 0 Å². The van der Waals surface area contributed by atoms with Gasteiger partial charge in [-0.3, -0.25) is 4.90 Å². The van der Waals surface area contributed by atoms with Crippen molar-refractivity contribution in [2.45, 2.75) is 31.7 Å². The van der Waals surface area contributed by atoms with Gasteiger partial charge in [-0.1, -0.05) is 42.5 Å². The molecule has 3 aliphatic rings. The first-order valence-corrected chi connectivity index (χ1v) is 10.2. The third kappa shape index (κ3) is 3.77. The fourth-order valence-corrected chi connectivity index (χ4v) is 4.73. The fourth-order valence-electron chi connectivity index (χ4n) is 4.73. The van der Waals surface area contributed by atoms with Crippen molar-refractivity contribution >= 4 is 11.8 Å². The summed E-state index contributed by atoms with van der Waals surface area (Å²) in [6, 6.07) is 16.1. The van der Waals surface area contributed by atoms with E-state index >= 15 is 0 Å². The molecule has 1 amide bonds. The Hall–Kier alpha value is -2.37. The summed E-state index contributed by atoms with van der Waals surface area (Å²) in [4.78, 5) is 16.5. The molecule has 0 radical (unpaired) electrons. The molecule has 2 aromatic carbocycles. The number of piperidine rings is 3. The summed E-state index contributed by atoms with van der Waals surface area (Å²) < 4.78 is 0. The molecule has 148 valence electrons. The maximum Gasteiger partial charge on any atom is 0.412 e. The van der Waals surface area contributed by atoms with Crippen LogP contribution in [-0.4, -0.2) is 53.5 Å². The summed E-state index contributed by atoms with van der Waals surface area (Å²) in [5, 5.41) is 19.4. The molecular weight excluding hydrogens is 352 g/mol. The molecule has 28 heavy (non-hydrogen) atoms. The number of fused-ring (bicyclic) bond motifs is 3. The predicted molar refractivity (Wildman–Crippen MR) is 111 cm³/mol. The maximum atomic E-state index is 12.5. The van der Waals surface area contributed by atoms with Gasteiger partial charge in [0.1, 0.15) is 0 Å². The Morgan fingerprint density at radius 1 is 1.11 bits per heavy atom. The zero-order chi connectivity index (χ0) is 19.5. The minimum atomic E-state index is -0.879. The van der Waals surface area contributed by atoms with E-state index in [1.807, 2.05) is 42.5 Å². The van der Waals surface area contributed by atoms with Gasteiger partial charge in [-0.25, -0.2) is 4.79 Å². The zero-order valence-corrected chi connectivity index (χ0v) is 16.1. The van der Waals surface area contributed by atoms with Crippen LogP contribution in [0.3, 0.4) is 0 Å². The SMILES string of the molecule is O=C(O)N(c1cc(CCCO)ccc1-c1ccccc1)[C@H]1CN2CCC1CC2. The zero-order valence-electron chi connectivity index (χ0n) is 16.1. The number of carbonyl (C=O) groups is 1. The van der Waals surface area contributed by atoms with Gasteiger partial charge in [0.15, 0.2) is 0 Å². The van der Waals surface area contributed by atoms with Crippen molar-refractivity contribution in [3.63, 3.8) is 0 Å². The number of hydrogen-bond donors (Lipinski definition) is 2. The van der Waals surface area contributed by atoms with Crippen LogP contribution in [-0.2, 0) is 6.42 Å². The van der Waals surface area contributed by atoms with E-state index < -0.39 is 6.09 Å². The second-order valence-electron chi connectivity index (χ2n) is 7.90. The largest absolute Gasteiger partial charge is 0.465 e. The normalized spacial score (nSPS) is 23.5. The van der Waals surface area contributed by atoms with Crippen LogP contribution in [0.2, 0.25) is 0 Å². The van der Waals surface area contributed by atoms with Crippen molar-refractivity contribution < 1.29 is 15.0 Å². The molecule has 0 spiro atoms. The standard InChI is InChI=1S/C23H28N2O3/c26-14-4-5-17-8-9-20(18-6-2-1-3-7-18)21(15-17)25(23(27)28)22-16-24-12-10-19(22)11-13-24/h1-3,6-9,15,19,22,26H,4-5,10-14,16H2,(H,27,28)/t22-/m0/s1. The number of aryl methyl sites for hydroxylation is 1. The lowest BCUT2D eigenvalue weighted by Gasteiger charge is -2.48. The van der Waals surface area contributed by atoms with Crippen molar-refractivity contribution in [3.05, 3.63) is 54.1 Å². The number of anilines is 1. The van der Waals surface area contributed by atoms with Gasteiger partial charge < -0.3 is 15.1 Å². The first kappa shape index (κ1) is 19.0. The summed E-state index contributed by atoms with van der Waals surface area (Å²) in [7, 11) is 0. The van der Waals surface area contributed by atoms with E-state index in [-0.39, 0.29) is 12.6 Å². The summed E-state index contributed by atoms with van der Waals surface area (Å²) in [5.41, 5.74) is 3.81. The molecule has 2 bridgehead atoms. The lowest BCUT2D eigenvalue weighted by molar-refractivity contribution is 0.0837. The molecule has 0 aliphatic carbocycles. The van der Waals surface area contributed by atoms with E-state index in [0.29, 0.717) is 12.3 Å². The highest BCUT2D eigenvalue weighted by molar-refractivity contribution is 5.94. The number of hydrogen-bond acceptors (Lipinski definition) is 3. The van der Waals surface area contributed by atoms with Crippen LogP contribution < -0.4 is 4.90 Å². The molecule has 3 heterocycles. The molecule has 1 atom stereocenters. The molecule has 2 N–H and O–H groups in total. The molecule has 3 fully saturated rings. The summed E-state index contributed by atoms with van der Waals surface area (Å²) in [6.45, 7) is 3.11. The fraction of sp³-hybridized carbons (Fsp3) is 0.435. The molecule has 2 aromatic rings. The predicted octanol–water partition coefficient (Wildman–Crippen LogP) is 3.86. The summed E-state index contributed by atoms with van der Waals surface area (Å²) in [5.74, 6) is 0.422. The van der Waals surface area contributed by atoms with E-state index in [1.54, 1.807) is 4.90 Å². The Balaban J connectivity index is 1.78. The number of aliphatic hydroxyl groups excluding tert-OH is 1. The number of rotatable bonds is 6. The number of nitrogens with zero attached hydrogens (tertiary/aromatic N) is 2. The number of benzene rings is 2. The first-order valence-electron chi connectivity index (χ1n) is 10.2. The van der Waals surface area contributed by atoms with Crippen LogP contribution in [0, 0.1) is 5.92 Å². The van der Waals surface area contributed by atoms with Crippen LogP contribution in [0.1, 0.15) is 24.8 Å². The smallest absolute Gasteiger partial charge is 0.412 e. The second-order valence-corrected chi connectivity index (χ2v) is 7.90. The number of carboxylic acid groups (broad SMARTS) is 1. The van der Waals surface area contributed by atoms with E-state index in [1.165, 1.54) is 0 Å². The Kier molecular flexibility index (Phi) is 5.64. The molecule has 5 rings (SSSR count). The Bertz CT molecular complexity index is 816. The monoisotopic (exact) mass is 380 g/mol. The van der Waals surface area contributed by atoms with E-state index in [0.717, 1.165) is 61.3 Å². The van der Waals surface area contributed by atoms with E-state index in [2.05, 4.69) is 11.0 Å². The third-order valence-electron chi connectivity index (χ3n) is 6.19. The van der Waals surface area contributed by atoms with Gasteiger partial charge in [0.05, 0.1) is 11.7 Å². The molecule has 3 aliphatic heterocycles. The van der Waals surface area contributed by atoms with Crippen LogP contribution in [0.15, 0.2) is 48.5 Å². The van der Waals surface area contributed by atoms with E-state index in [4.69, 9.17) is 0 Å². The average Bonchev–Trinajstić information content (AvgIpc) is 2.74. The van der Waals surface area contributed by atoms with Gasteiger partial charge >= 0.3 is 6.09 Å². The average molecular weight is 380 g/mol. The Morgan fingerprint density at radius 2 is 1.86 bits per heavy atom. The van der Waals surface area contributed by atoms with Crippen molar-refractivity contribution in [3.8, 4) is 11.1 Å². The molecule has 0 aromatic heterocycles. The minimum Gasteiger partial charge on any atom is -0.465 e. The quantitative estimate of drug-likeness (QED) is 0.799. The third-order valence-corrected chi connectivity index (χ3v) is 6.19. The van der Waals surface area contributed by atoms with Crippen molar-refractivity contribution in [2.24, 2.45) is 5.92 Å². The van der Waals surface area contributed by atoms with Gasteiger partial charge in [0.25, 0.3) is 0 Å². The van der Waals surface area contributed by atoms with Crippen LogP contribution in [0.4, 0.5) is 10.5 Å². The number of aliphatic hydroxyl groups is 1. The number of amides is 1. The highest BCUT2D eigenvalue weighted by Crippen LogP contribution is 2.38. The summed E-state index contributed by atoms with van der Waals surface area (Å²) >= 11 is 0. The first-order chi connectivity index (χ1) is 13.7. The maximum absolute atomic E-state index is 12.5. The Morgan fingerprint density at radius 3 is 2.46 bits per heavy atom. The van der Waals surface area contributed by atoms with Gasteiger partial charge in [-0.2, -0.15) is 0 Å². The van der Waals surface area contributed by atoms with Crippen molar-refractivity contribution in [1.82, 2.24) is 4.90 Å². The molecule has 5 heteroatoms. The van der Waals surface area contributed by atoms with Gasteiger partial charge in [0, 0.05) is 18.7 Å². The molecule has 0 saturated carbocycles. The Labute approximate surface area is 166 Å². The minimum absolute atomic E-state index is 0.00412. The second kappa shape index (κ2) is 8.33. The summed E-state index contributed by atoms with van der Waals surface area (Å²) in [6.07, 6.45) is 2.68. The molecular formula is C23H28N2O3. The molecule has 0 unspecified atom stereocenters. The van der Waals surface area contributed by atoms with Crippen LogP contribution >= 0.6 is 0 Å². The highest BCUT2D eigenvalue weighted by atomic mass is 16.4. The topological polar surface area (TPSA) is 64.0 Å². The van der Waals surface area contributed by atoms with Crippen LogP contribution in [0.25, 0.3) is 11.1 Å². The lowest BCUT2D eigenvalue weighted by atomic mass is 9.82. The lowest BCUT2D eigenvalue weighted by Crippen LogP contribution is -2.59. The van der Waals surface area contributed by atoms with Crippen molar-refractivity contribution in [2.75, 3.05) is 31.1 Å². The van der Waals surface area contributed by atoms with Crippen LogP contribution in [0.5, 0.6) is 0 Å².